The Kier molecular flexibility index (Phi) is 6.15. The fourth-order valence-electron chi connectivity index (χ4n) is 3.74. The van der Waals surface area contributed by atoms with Crippen molar-refractivity contribution >= 4 is 9.84 Å². The molecule has 1 aliphatic heterocycles. The van der Waals surface area contributed by atoms with Crippen molar-refractivity contribution in [1.29, 1.82) is 0 Å². The Balaban J connectivity index is 1.78. The van der Waals surface area contributed by atoms with E-state index in [0.29, 0.717) is 12.4 Å². The highest BCUT2D eigenvalue weighted by atomic mass is 32.2. The van der Waals surface area contributed by atoms with E-state index in [1.165, 1.54) is 37.7 Å². The van der Waals surface area contributed by atoms with E-state index >= 15 is 0 Å². The van der Waals surface area contributed by atoms with Crippen LogP contribution in [0, 0.1) is 0 Å². The molecule has 122 valence electrons. The van der Waals surface area contributed by atoms with E-state index in [1.54, 1.807) is 0 Å². The molecule has 0 aromatic rings. The molecule has 0 bridgehead atoms. The van der Waals surface area contributed by atoms with E-state index in [2.05, 4.69) is 0 Å². The molecule has 0 aromatic heterocycles. The number of hydrogen-bond acceptors (Lipinski definition) is 3. The average Bonchev–Trinajstić information content (AvgIpc) is 2.49. The quantitative estimate of drug-likeness (QED) is 0.540. The highest BCUT2D eigenvalue weighted by Gasteiger charge is 2.42. The minimum Gasteiger partial charge on any atom is -0.501 e. The van der Waals surface area contributed by atoms with Gasteiger partial charge in [0.25, 0.3) is 0 Å². The van der Waals surface area contributed by atoms with Gasteiger partial charge < -0.3 is 4.74 Å². The molecule has 2 rings (SSSR count). The van der Waals surface area contributed by atoms with Crippen LogP contribution in [0.5, 0.6) is 0 Å². The molecule has 1 heterocycles. The minimum absolute atomic E-state index is 0.381. The van der Waals surface area contributed by atoms with Crippen LogP contribution in [0.4, 0.5) is 0 Å². The monoisotopic (exact) mass is 314 g/mol. The molecule has 0 spiro atoms. The van der Waals surface area contributed by atoms with Gasteiger partial charge in [-0.15, -0.1) is 0 Å². The fraction of sp³-hybridized carbons (Fsp3) is 0.882. The third-order valence-electron chi connectivity index (χ3n) is 5.24. The van der Waals surface area contributed by atoms with E-state index in [1.807, 2.05) is 13.2 Å². The molecule has 1 saturated heterocycles. The Morgan fingerprint density at radius 3 is 2.57 bits per heavy atom. The van der Waals surface area contributed by atoms with Gasteiger partial charge in [-0.25, -0.2) is 8.42 Å². The number of sulfone groups is 1. The van der Waals surface area contributed by atoms with Crippen molar-refractivity contribution in [3.63, 3.8) is 0 Å². The van der Waals surface area contributed by atoms with Gasteiger partial charge in [0, 0.05) is 0 Å². The lowest BCUT2D eigenvalue weighted by Crippen LogP contribution is -2.42. The van der Waals surface area contributed by atoms with Crippen LogP contribution in [0.15, 0.2) is 11.8 Å². The van der Waals surface area contributed by atoms with Gasteiger partial charge in [0.05, 0.1) is 23.4 Å². The summed E-state index contributed by atoms with van der Waals surface area (Å²) >= 11 is 0. The third kappa shape index (κ3) is 4.24. The van der Waals surface area contributed by atoms with Crippen LogP contribution in [0.25, 0.3) is 0 Å². The summed E-state index contributed by atoms with van der Waals surface area (Å²) in [4.78, 5) is 0. The SMILES string of the molecule is CCC1(CCCOC=C2CCCCC2)CCCCS1(=O)=O. The molecule has 2 fully saturated rings. The van der Waals surface area contributed by atoms with Gasteiger partial charge in [-0.05, 0) is 63.4 Å². The van der Waals surface area contributed by atoms with Gasteiger partial charge in [0.15, 0.2) is 9.84 Å². The van der Waals surface area contributed by atoms with Gasteiger partial charge >= 0.3 is 0 Å². The van der Waals surface area contributed by atoms with Crippen molar-refractivity contribution in [3.8, 4) is 0 Å². The summed E-state index contributed by atoms with van der Waals surface area (Å²) in [6, 6.07) is 0. The van der Waals surface area contributed by atoms with Crippen LogP contribution < -0.4 is 0 Å². The zero-order valence-corrected chi connectivity index (χ0v) is 14.2. The normalized spacial score (nSPS) is 29.1. The first kappa shape index (κ1) is 16.9. The summed E-state index contributed by atoms with van der Waals surface area (Å²) in [7, 11) is -2.91. The van der Waals surface area contributed by atoms with Crippen molar-refractivity contribution in [3.05, 3.63) is 11.8 Å². The Labute approximate surface area is 130 Å². The van der Waals surface area contributed by atoms with Crippen molar-refractivity contribution in [2.75, 3.05) is 12.4 Å². The summed E-state index contributed by atoms with van der Waals surface area (Å²) in [6.45, 7) is 2.68. The van der Waals surface area contributed by atoms with E-state index < -0.39 is 14.6 Å². The van der Waals surface area contributed by atoms with Gasteiger partial charge in [0.1, 0.15) is 0 Å². The first-order chi connectivity index (χ1) is 10.1. The van der Waals surface area contributed by atoms with Crippen LogP contribution in [-0.2, 0) is 14.6 Å². The Bertz CT molecular complexity index is 445. The fourth-order valence-corrected chi connectivity index (χ4v) is 6.11. The first-order valence-corrected chi connectivity index (χ1v) is 10.3. The zero-order chi connectivity index (χ0) is 15.2. The van der Waals surface area contributed by atoms with E-state index in [-0.39, 0.29) is 0 Å². The lowest BCUT2D eigenvalue weighted by Gasteiger charge is -2.36. The smallest absolute Gasteiger partial charge is 0.155 e. The Hall–Kier alpha value is -0.510. The maximum absolute atomic E-state index is 12.4. The molecule has 0 aromatic carbocycles. The van der Waals surface area contributed by atoms with Crippen LogP contribution in [-0.4, -0.2) is 25.5 Å². The first-order valence-electron chi connectivity index (χ1n) is 8.61. The average molecular weight is 314 g/mol. The third-order valence-corrected chi connectivity index (χ3v) is 8.08. The lowest BCUT2D eigenvalue weighted by atomic mass is 9.92. The Morgan fingerprint density at radius 1 is 1.14 bits per heavy atom. The van der Waals surface area contributed by atoms with E-state index in [4.69, 9.17) is 4.74 Å². The molecule has 1 saturated carbocycles. The summed E-state index contributed by atoms with van der Waals surface area (Å²) in [5.74, 6) is 0.381. The molecule has 21 heavy (non-hydrogen) atoms. The zero-order valence-electron chi connectivity index (χ0n) is 13.4. The van der Waals surface area contributed by atoms with Crippen LogP contribution in [0.1, 0.15) is 77.6 Å². The molecule has 2 aliphatic rings. The molecule has 4 heteroatoms. The number of ether oxygens (including phenoxy) is 1. The predicted octanol–water partition coefficient (Wildman–Crippen LogP) is 4.38. The molecule has 1 aliphatic carbocycles. The maximum Gasteiger partial charge on any atom is 0.155 e. The van der Waals surface area contributed by atoms with Crippen molar-refractivity contribution in [2.45, 2.75) is 82.3 Å². The van der Waals surface area contributed by atoms with Gasteiger partial charge in [-0.3, -0.25) is 0 Å². The van der Waals surface area contributed by atoms with Crippen molar-refractivity contribution in [1.82, 2.24) is 0 Å². The molecule has 0 N–H and O–H groups in total. The number of rotatable bonds is 6. The Morgan fingerprint density at radius 2 is 1.90 bits per heavy atom. The van der Waals surface area contributed by atoms with Crippen molar-refractivity contribution < 1.29 is 13.2 Å². The molecule has 0 radical (unpaired) electrons. The van der Waals surface area contributed by atoms with E-state index in [9.17, 15) is 8.42 Å². The van der Waals surface area contributed by atoms with E-state index in [0.717, 1.165) is 38.5 Å². The highest BCUT2D eigenvalue weighted by Crippen LogP contribution is 2.37. The van der Waals surface area contributed by atoms with Gasteiger partial charge in [0.2, 0.25) is 0 Å². The lowest BCUT2D eigenvalue weighted by molar-refractivity contribution is 0.227. The topological polar surface area (TPSA) is 43.4 Å². The van der Waals surface area contributed by atoms with Gasteiger partial charge in [-0.1, -0.05) is 19.8 Å². The molecular formula is C17H30O3S. The summed E-state index contributed by atoms with van der Waals surface area (Å²) in [5.41, 5.74) is 1.43. The maximum atomic E-state index is 12.4. The summed E-state index contributed by atoms with van der Waals surface area (Å²) in [6.07, 6.45) is 13.3. The number of allylic oxidation sites excluding steroid dienone is 1. The van der Waals surface area contributed by atoms with Crippen molar-refractivity contribution in [2.24, 2.45) is 0 Å². The second kappa shape index (κ2) is 7.66. The van der Waals surface area contributed by atoms with Gasteiger partial charge in [-0.2, -0.15) is 0 Å². The minimum atomic E-state index is -2.91. The van der Waals surface area contributed by atoms with Crippen LogP contribution in [0.2, 0.25) is 0 Å². The molecule has 1 unspecified atom stereocenters. The molecule has 3 nitrogen and oxygen atoms in total. The predicted molar refractivity (Wildman–Crippen MR) is 87.0 cm³/mol. The molecule has 0 amide bonds. The second-order valence-electron chi connectivity index (χ2n) is 6.62. The molecular weight excluding hydrogens is 284 g/mol. The second-order valence-corrected chi connectivity index (χ2v) is 9.13. The standard InChI is InChI=1S/C17H30O3S/c1-2-17(11-6-7-14-21(17,18)19)12-8-13-20-15-16-9-4-3-5-10-16/h15H,2-14H2,1H3. The summed E-state index contributed by atoms with van der Waals surface area (Å²) < 4.78 is 30.0. The molecule has 1 atom stereocenters. The largest absolute Gasteiger partial charge is 0.501 e. The highest BCUT2D eigenvalue weighted by molar-refractivity contribution is 7.92. The van der Waals surface area contributed by atoms with Crippen LogP contribution >= 0.6 is 0 Å². The van der Waals surface area contributed by atoms with Crippen LogP contribution in [0.3, 0.4) is 0 Å². The summed E-state index contributed by atoms with van der Waals surface area (Å²) in [5, 5.41) is 0. The number of hydrogen-bond donors (Lipinski definition) is 0.